The number of rotatable bonds is 5. The molecule has 0 heterocycles. The predicted octanol–water partition coefficient (Wildman–Crippen LogP) is 3.91. The van der Waals surface area contributed by atoms with Gasteiger partial charge in [0.1, 0.15) is 0 Å². The van der Waals surface area contributed by atoms with Gasteiger partial charge >= 0.3 is 0 Å². The second-order valence-corrected chi connectivity index (χ2v) is 5.91. The number of amides is 3. The van der Waals surface area contributed by atoms with Gasteiger partial charge in [-0.3, -0.25) is 14.4 Å². The van der Waals surface area contributed by atoms with E-state index in [4.69, 9.17) is 11.6 Å². The summed E-state index contributed by atoms with van der Waals surface area (Å²) in [5.41, 5.74) is 2.41. The molecule has 3 N–H and O–H groups in total. The lowest BCUT2D eigenvalue weighted by atomic mass is 10.2. The number of hydrogen-bond acceptors (Lipinski definition) is 3. The lowest BCUT2D eigenvalue weighted by molar-refractivity contribution is -0.115. The van der Waals surface area contributed by atoms with Crippen molar-refractivity contribution in [2.24, 2.45) is 0 Å². The largest absolute Gasteiger partial charge is 0.326 e. The molecule has 7 heteroatoms. The van der Waals surface area contributed by atoms with Gasteiger partial charge in [-0.2, -0.15) is 0 Å². The highest BCUT2D eigenvalue weighted by atomic mass is 35.5. The molecule has 0 spiro atoms. The highest BCUT2D eigenvalue weighted by Gasteiger charge is 2.06. The first-order chi connectivity index (χ1) is 12.3. The van der Waals surface area contributed by atoms with Crippen molar-refractivity contribution in [3.05, 3.63) is 59.1 Å². The molecule has 0 radical (unpaired) electrons. The molecule has 0 saturated heterocycles. The number of hydrogen-bond donors (Lipinski definition) is 3. The summed E-state index contributed by atoms with van der Waals surface area (Å²) in [5, 5.41) is 8.32. The van der Waals surface area contributed by atoms with E-state index in [-0.39, 0.29) is 17.7 Å². The van der Waals surface area contributed by atoms with Crippen LogP contribution in [0.5, 0.6) is 0 Å². The van der Waals surface area contributed by atoms with Crippen LogP contribution in [0, 0.1) is 0 Å². The Morgan fingerprint density at radius 2 is 1.42 bits per heavy atom. The monoisotopic (exact) mass is 371 g/mol. The minimum atomic E-state index is -0.363. The lowest BCUT2D eigenvalue weighted by Crippen LogP contribution is -2.10. The third-order valence-electron chi connectivity index (χ3n) is 3.20. The number of halogens is 1. The Morgan fingerprint density at radius 1 is 0.846 bits per heavy atom. The topological polar surface area (TPSA) is 87.3 Å². The number of carbonyl (C=O) groups excluding carboxylic acids is 3. The van der Waals surface area contributed by atoms with Crippen LogP contribution in [-0.2, 0) is 14.4 Å². The normalized spacial score (nSPS) is 10.4. The number of benzene rings is 2. The summed E-state index contributed by atoms with van der Waals surface area (Å²) in [4.78, 5) is 34.2. The maximum atomic E-state index is 12.1. The smallest absolute Gasteiger partial charge is 0.248 e. The molecule has 0 aliphatic heterocycles. The SMILES string of the molecule is CC(=O)Nc1ccc(/C=C/C(=O)Nc2cc(NC(C)=O)ccc2Cl)cc1. The van der Waals surface area contributed by atoms with Crippen molar-refractivity contribution < 1.29 is 14.4 Å². The van der Waals surface area contributed by atoms with E-state index in [1.165, 1.54) is 19.9 Å². The van der Waals surface area contributed by atoms with Crippen LogP contribution in [0.2, 0.25) is 5.02 Å². The third-order valence-corrected chi connectivity index (χ3v) is 3.53. The summed E-state index contributed by atoms with van der Waals surface area (Å²) in [5.74, 6) is -0.726. The standard InChI is InChI=1S/C19H18ClN3O3/c1-12(24)21-15-6-3-14(4-7-15)5-10-19(26)23-18-11-16(22-13(2)25)8-9-17(18)20/h3-11H,1-2H3,(H,21,24)(H,22,25)(H,23,26)/b10-5+. The molecule has 0 bridgehead atoms. The Hall–Kier alpha value is -3.12. The summed E-state index contributed by atoms with van der Waals surface area (Å²) >= 11 is 6.07. The Balaban J connectivity index is 2.02. The number of nitrogens with one attached hydrogen (secondary N) is 3. The lowest BCUT2D eigenvalue weighted by Gasteiger charge is -2.08. The van der Waals surface area contributed by atoms with Crippen LogP contribution >= 0.6 is 11.6 Å². The van der Waals surface area contributed by atoms with Crippen LogP contribution in [0.25, 0.3) is 6.08 Å². The molecule has 0 atom stereocenters. The molecule has 26 heavy (non-hydrogen) atoms. The van der Waals surface area contributed by atoms with E-state index in [9.17, 15) is 14.4 Å². The van der Waals surface area contributed by atoms with E-state index < -0.39 is 0 Å². The van der Waals surface area contributed by atoms with Gasteiger partial charge in [-0.15, -0.1) is 0 Å². The fraction of sp³-hybridized carbons (Fsp3) is 0.105. The first-order valence-electron chi connectivity index (χ1n) is 7.77. The molecule has 0 aliphatic carbocycles. The van der Waals surface area contributed by atoms with Crippen LogP contribution in [0.1, 0.15) is 19.4 Å². The van der Waals surface area contributed by atoms with Gasteiger partial charge in [0.25, 0.3) is 0 Å². The zero-order valence-corrected chi connectivity index (χ0v) is 15.1. The highest BCUT2D eigenvalue weighted by molar-refractivity contribution is 6.34. The Morgan fingerprint density at radius 3 is 2.04 bits per heavy atom. The van der Waals surface area contributed by atoms with Crippen molar-refractivity contribution in [1.29, 1.82) is 0 Å². The first kappa shape index (κ1) is 19.2. The summed E-state index contributed by atoms with van der Waals surface area (Å²) in [7, 11) is 0. The van der Waals surface area contributed by atoms with E-state index >= 15 is 0 Å². The molecule has 2 aromatic rings. The van der Waals surface area contributed by atoms with Gasteiger partial charge in [0.15, 0.2) is 0 Å². The third kappa shape index (κ3) is 6.07. The summed E-state index contributed by atoms with van der Waals surface area (Å²) < 4.78 is 0. The average Bonchev–Trinajstić information content (AvgIpc) is 2.56. The zero-order valence-electron chi connectivity index (χ0n) is 14.3. The maximum Gasteiger partial charge on any atom is 0.248 e. The Bertz CT molecular complexity index is 861. The summed E-state index contributed by atoms with van der Waals surface area (Å²) in [6.07, 6.45) is 3.01. The molecule has 2 aromatic carbocycles. The second kappa shape index (κ2) is 8.82. The van der Waals surface area contributed by atoms with Crippen molar-refractivity contribution in [3.63, 3.8) is 0 Å². The molecule has 134 valence electrons. The van der Waals surface area contributed by atoms with Crippen LogP contribution in [0.3, 0.4) is 0 Å². The van der Waals surface area contributed by atoms with Crippen molar-refractivity contribution in [3.8, 4) is 0 Å². The van der Waals surface area contributed by atoms with E-state index in [1.807, 2.05) is 0 Å². The van der Waals surface area contributed by atoms with E-state index in [0.717, 1.165) is 5.56 Å². The zero-order chi connectivity index (χ0) is 19.1. The fourth-order valence-electron chi connectivity index (χ4n) is 2.13. The molecule has 3 amide bonds. The number of carbonyl (C=O) groups is 3. The molecular formula is C19H18ClN3O3. The first-order valence-corrected chi connectivity index (χ1v) is 8.15. The van der Waals surface area contributed by atoms with Crippen LogP contribution in [0.15, 0.2) is 48.5 Å². The summed E-state index contributed by atoms with van der Waals surface area (Å²) in [6.45, 7) is 2.83. The summed E-state index contributed by atoms with van der Waals surface area (Å²) in [6, 6.07) is 11.9. The number of anilines is 3. The average molecular weight is 372 g/mol. The van der Waals surface area contributed by atoms with E-state index in [0.29, 0.717) is 22.1 Å². The minimum Gasteiger partial charge on any atom is -0.326 e. The van der Waals surface area contributed by atoms with Crippen molar-refractivity contribution in [1.82, 2.24) is 0 Å². The fourth-order valence-corrected chi connectivity index (χ4v) is 2.29. The quantitative estimate of drug-likeness (QED) is 0.696. The molecule has 2 rings (SSSR count). The van der Waals surface area contributed by atoms with Gasteiger partial charge in [0, 0.05) is 31.3 Å². The molecule has 6 nitrogen and oxygen atoms in total. The van der Waals surface area contributed by atoms with Crippen molar-refractivity contribution in [2.45, 2.75) is 13.8 Å². The van der Waals surface area contributed by atoms with Gasteiger partial charge in [-0.25, -0.2) is 0 Å². The Labute approximate surface area is 156 Å². The second-order valence-electron chi connectivity index (χ2n) is 5.50. The van der Waals surface area contributed by atoms with Crippen LogP contribution in [-0.4, -0.2) is 17.7 Å². The van der Waals surface area contributed by atoms with E-state index in [2.05, 4.69) is 16.0 Å². The van der Waals surface area contributed by atoms with Crippen LogP contribution < -0.4 is 16.0 Å². The van der Waals surface area contributed by atoms with Gasteiger partial charge < -0.3 is 16.0 Å². The molecule has 0 aromatic heterocycles. The molecule has 0 aliphatic rings. The molecule has 0 fully saturated rings. The Kier molecular flexibility index (Phi) is 6.52. The maximum absolute atomic E-state index is 12.1. The van der Waals surface area contributed by atoms with Crippen molar-refractivity contribution in [2.75, 3.05) is 16.0 Å². The van der Waals surface area contributed by atoms with Gasteiger partial charge in [-0.05, 0) is 42.0 Å². The van der Waals surface area contributed by atoms with Crippen LogP contribution in [0.4, 0.5) is 17.1 Å². The molecule has 0 saturated carbocycles. The molecule has 0 unspecified atom stereocenters. The molecular weight excluding hydrogens is 354 g/mol. The highest BCUT2D eigenvalue weighted by Crippen LogP contribution is 2.25. The van der Waals surface area contributed by atoms with Gasteiger partial charge in [0.05, 0.1) is 10.7 Å². The van der Waals surface area contributed by atoms with Crippen molar-refractivity contribution >= 4 is 52.5 Å². The van der Waals surface area contributed by atoms with E-state index in [1.54, 1.807) is 48.5 Å². The minimum absolute atomic E-state index is 0.147. The van der Waals surface area contributed by atoms with Gasteiger partial charge in [-0.1, -0.05) is 23.7 Å². The predicted molar refractivity (Wildman–Crippen MR) is 104 cm³/mol. The van der Waals surface area contributed by atoms with Gasteiger partial charge in [0.2, 0.25) is 17.7 Å².